The predicted molar refractivity (Wildman–Crippen MR) is 112 cm³/mol. The highest BCUT2D eigenvalue weighted by molar-refractivity contribution is 5.77. The molecular weight excluding hydrogens is 364 g/mol. The van der Waals surface area contributed by atoms with Crippen molar-refractivity contribution in [3.05, 3.63) is 35.4 Å². The van der Waals surface area contributed by atoms with E-state index in [2.05, 4.69) is 33.8 Å². The molecular formula is C24H32N2O3. The fourth-order valence-corrected chi connectivity index (χ4v) is 4.99. The third-order valence-electron chi connectivity index (χ3n) is 6.78. The van der Waals surface area contributed by atoms with Gasteiger partial charge in [-0.25, -0.2) is 0 Å². The maximum Gasteiger partial charge on any atom is 0.222 e. The van der Waals surface area contributed by atoms with E-state index in [1.807, 2.05) is 12.1 Å². The number of likely N-dealkylation sites (tertiary alicyclic amines) is 2. The molecule has 0 radical (unpaired) electrons. The van der Waals surface area contributed by atoms with Gasteiger partial charge in [0.05, 0.1) is 6.10 Å². The van der Waals surface area contributed by atoms with Crippen LogP contribution in [0.3, 0.4) is 0 Å². The van der Waals surface area contributed by atoms with Gasteiger partial charge < -0.3 is 14.7 Å². The lowest BCUT2D eigenvalue weighted by Crippen LogP contribution is -2.52. The molecule has 156 valence electrons. The van der Waals surface area contributed by atoms with Crippen LogP contribution in [0.1, 0.15) is 49.7 Å². The van der Waals surface area contributed by atoms with Crippen LogP contribution in [0.2, 0.25) is 0 Å². The molecule has 1 spiro atoms. The van der Waals surface area contributed by atoms with Crippen molar-refractivity contribution < 1.29 is 14.6 Å². The molecule has 29 heavy (non-hydrogen) atoms. The van der Waals surface area contributed by atoms with Crippen molar-refractivity contribution in [3.63, 3.8) is 0 Å². The van der Waals surface area contributed by atoms with Gasteiger partial charge >= 0.3 is 0 Å². The number of hydrogen-bond acceptors (Lipinski definition) is 4. The number of nitrogens with zero attached hydrogens (tertiary/aromatic N) is 2. The molecule has 3 fully saturated rings. The van der Waals surface area contributed by atoms with E-state index in [1.54, 1.807) is 0 Å². The van der Waals surface area contributed by atoms with Crippen molar-refractivity contribution in [2.45, 2.75) is 51.2 Å². The van der Waals surface area contributed by atoms with E-state index in [1.165, 1.54) is 18.4 Å². The van der Waals surface area contributed by atoms with Crippen LogP contribution in [0, 0.1) is 17.3 Å². The van der Waals surface area contributed by atoms with E-state index in [9.17, 15) is 4.79 Å². The zero-order valence-corrected chi connectivity index (χ0v) is 17.2. The molecule has 3 saturated heterocycles. The molecule has 5 heteroatoms. The van der Waals surface area contributed by atoms with Gasteiger partial charge in [0.2, 0.25) is 5.91 Å². The lowest BCUT2D eigenvalue weighted by Gasteiger charge is -2.48. The molecule has 3 aliphatic heterocycles. The Morgan fingerprint density at radius 1 is 1.17 bits per heavy atom. The second-order valence-electron chi connectivity index (χ2n) is 8.84. The molecule has 1 aromatic carbocycles. The van der Waals surface area contributed by atoms with Crippen LogP contribution in [-0.2, 0) is 16.1 Å². The number of ether oxygens (including phenoxy) is 1. The molecule has 0 aliphatic carbocycles. The molecule has 3 aliphatic rings. The van der Waals surface area contributed by atoms with Crippen molar-refractivity contribution in [1.29, 1.82) is 0 Å². The standard InChI is InChI=1S/C24H32N2O3/c27-15-1-3-20-5-7-21(8-6-20)17-25-13-11-24(12-14-25)10-9-23(28)26(19-24)18-22-4-2-16-29-22/h5-8,22,27H,2,4,9-19H2. The number of benzene rings is 1. The number of rotatable bonds is 4. The minimum atomic E-state index is -0.103. The van der Waals surface area contributed by atoms with Crippen molar-refractivity contribution in [3.8, 4) is 11.8 Å². The number of carbonyl (C=O) groups excluding carboxylic acids is 1. The minimum absolute atomic E-state index is 0.103. The Hall–Kier alpha value is -1.87. The minimum Gasteiger partial charge on any atom is -0.384 e. The largest absolute Gasteiger partial charge is 0.384 e. The van der Waals surface area contributed by atoms with Crippen molar-refractivity contribution >= 4 is 5.91 Å². The Labute approximate surface area is 174 Å². The van der Waals surface area contributed by atoms with Gasteiger partial charge in [-0.15, -0.1) is 0 Å². The number of piperidine rings is 2. The molecule has 1 aromatic rings. The average Bonchev–Trinajstić information content (AvgIpc) is 3.25. The van der Waals surface area contributed by atoms with Crippen LogP contribution in [0.25, 0.3) is 0 Å². The van der Waals surface area contributed by atoms with E-state index in [4.69, 9.17) is 9.84 Å². The van der Waals surface area contributed by atoms with Gasteiger partial charge in [-0.2, -0.15) is 0 Å². The summed E-state index contributed by atoms with van der Waals surface area (Å²) in [5.74, 6) is 5.95. The normalized spacial score (nSPS) is 24.5. The van der Waals surface area contributed by atoms with E-state index >= 15 is 0 Å². The monoisotopic (exact) mass is 396 g/mol. The Balaban J connectivity index is 1.29. The predicted octanol–water partition coefficient (Wildman–Crippen LogP) is 2.41. The lowest BCUT2D eigenvalue weighted by molar-refractivity contribution is -0.141. The summed E-state index contributed by atoms with van der Waals surface area (Å²) in [5, 5.41) is 8.80. The van der Waals surface area contributed by atoms with Crippen molar-refractivity contribution in [2.24, 2.45) is 5.41 Å². The second kappa shape index (κ2) is 9.30. The van der Waals surface area contributed by atoms with E-state index in [0.717, 1.165) is 64.2 Å². The molecule has 1 atom stereocenters. The van der Waals surface area contributed by atoms with E-state index < -0.39 is 0 Å². The highest BCUT2D eigenvalue weighted by Gasteiger charge is 2.41. The quantitative estimate of drug-likeness (QED) is 0.795. The first-order valence-electron chi connectivity index (χ1n) is 11.0. The first kappa shape index (κ1) is 20.4. The van der Waals surface area contributed by atoms with Gasteiger partial charge in [0.15, 0.2) is 0 Å². The molecule has 0 bridgehead atoms. The molecule has 0 aromatic heterocycles. The maximum absolute atomic E-state index is 12.4. The van der Waals surface area contributed by atoms with Gasteiger partial charge in [0.25, 0.3) is 0 Å². The highest BCUT2D eigenvalue weighted by atomic mass is 16.5. The zero-order valence-electron chi connectivity index (χ0n) is 17.2. The van der Waals surface area contributed by atoms with Gasteiger partial charge in [0, 0.05) is 38.2 Å². The summed E-state index contributed by atoms with van der Waals surface area (Å²) in [4.78, 5) is 17.1. The Kier molecular flexibility index (Phi) is 6.54. The summed E-state index contributed by atoms with van der Waals surface area (Å²) in [6.07, 6.45) is 6.55. The third-order valence-corrected chi connectivity index (χ3v) is 6.78. The van der Waals surface area contributed by atoms with Crippen LogP contribution >= 0.6 is 0 Å². The topological polar surface area (TPSA) is 53.0 Å². The van der Waals surface area contributed by atoms with Crippen molar-refractivity contribution in [2.75, 3.05) is 39.4 Å². The lowest BCUT2D eigenvalue weighted by atomic mass is 9.72. The van der Waals surface area contributed by atoms with Gasteiger partial charge in [-0.05, 0) is 68.3 Å². The maximum atomic E-state index is 12.4. The number of aliphatic hydroxyl groups excluding tert-OH is 1. The van der Waals surface area contributed by atoms with Crippen LogP contribution in [0.15, 0.2) is 24.3 Å². The van der Waals surface area contributed by atoms with Crippen LogP contribution in [0.4, 0.5) is 0 Å². The molecule has 5 nitrogen and oxygen atoms in total. The first-order valence-corrected chi connectivity index (χ1v) is 11.0. The average molecular weight is 397 g/mol. The van der Waals surface area contributed by atoms with Crippen LogP contribution < -0.4 is 0 Å². The first-order chi connectivity index (χ1) is 14.2. The van der Waals surface area contributed by atoms with Crippen molar-refractivity contribution in [1.82, 2.24) is 9.80 Å². The third kappa shape index (κ3) is 5.19. The number of aliphatic hydroxyl groups is 1. The van der Waals surface area contributed by atoms with Gasteiger partial charge in [-0.1, -0.05) is 24.0 Å². The molecule has 1 N–H and O–H groups in total. The number of carbonyl (C=O) groups is 1. The summed E-state index contributed by atoms with van der Waals surface area (Å²) in [6, 6.07) is 8.32. The SMILES string of the molecule is O=C1CCC2(CCN(Cc3ccc(C#CCO)cc3)CC2)CN1CC1CCCO1. The Bertz CT molecular complexity index is 751. The summed E-state index contributed by atoms with van der Waals surface area (Å²) >= 11 is 0. The van der Waals surface area contributed by atoms with Crippen LogP contribution in [0.5, 0.6) is 0 Å². The summed E-state index contributed by atoms with van der Waals surface area (Å²) in [6.45, 7) is 5.59. The highest BCUT2D eigenvalue weighted by Crippen LogP contribution is 2.40. The summed E-state index contributed by atoms with van der Waals surface area (Å²) < 4.78 is 5.77. The Morgan fingerprint density at radius 2 is 1.97 bits per heavy atom. The second-order valence-corrected chi connectivity index (χ2v) is 8.84. The zero-order chi connectivity index (χ0) is 20.1. The number of hydrogen-bond donors (Lipinski definition) is 1. The van der Waals surface area contributed by atoms with Gasteiger partial charge in [0.1, 0.15) is 6.61 Å². The van der Waals surface area contributed by atoms with E-state index in [-0.39, 0.29) is 12.7 Å². The summed E-state index contributed by atoms with van der Waals surface area (Å²) in [7, 11) is 0. The summed E-state index contributed by atoms with van der Waals surface area (Å²) in [5.41, 5.74) is 2.54. The fraction of sp³-hybridized carbons (Fsp3) is 0.625. The molecule has 1 amide bonds. The smallest absolute Gasteiger partial charge is 0.222 e. The Morgan fingerprint density at radius 3 is 2.66 bits per heavy atom. The molecule has 0 saturated carbocycles. The molecule has 1 unspecified atom stereocenters. The van der Waals surface area contributed by atoms with Crippen LogP contribution in [-0.4, -0.2) is 66.3 Å². The van der Waals surface area contributed by atoms with Gasteiger partial charge in [-0.3, -0.25) is 9.69 Å². The molecule has 4 rings (SSSR count). The fourth-order valence-electron chi connectivity index (χ4n) is 4.99. The number of amides is 1. The molecule has 3 heterocycles. The van der Waals surface area contributed by atoms with E-state index in [0.29, 0.717) is 17.7 Å².